The van der Waals surface area contributed by atoms with Gasteiger partial charge in [0.15, 0.2) is 5.78 Å². The van der Waals surface area contributed by atoms with Crippen LogP contribution in [0.25, 0.3) is 0 Å². The summed E-state index contributed by atoms with van der Waals surface area (Å²) in [5, 5.41) is 0. The van der Waals surface area contributed by atoms with Gasteiger partial charge >= 0.3 is 0 Å². The normalized spacial score (nSPS) is 9.08. The van der Waals surface area contributed by atoms with Crippen molar-refractivity contribution in [2.75, 3.05) is 13.1 Å². The molecule has 0 aromatic rings. The van der Waals surface area contributed by atoms with Crippen LogP contribution in [0.15, 0.2) is 24.8 Å². The van der Waals surface area contributed by atoms with Crippen molar-refractivity contribution in [3.63, 3.8) is 0 Å². The lowest BCUT2D eigenvalue weighted by molar-refractivity contribution is -0.128. The van der Waals surface area contributed by atoms with E-state index in [1.807, 2.05) is 13.8 Å². The number of carbonyl (C=O) groups is 2. The first-order valence-corrected chi connectivity index (χ1v) is 4.23. The fourth-order valence-corrected chi connectivity index (χ4v) is 0.930. The van der Waals surface area contributed by atoms with Crippen molar-refractivity contribution in [1.29, 1.82) is 0 Å². The Hall–Kier alpha value is -1.38. The molecular weight excluding hydrogens is 166 g/mol. The van der Waals surface area contributed by atoms with Gasteiger partial charge in [-0.1, -0.05) is 13.2 Å². The number of allylic oxidation sites excluding steroid dienone is 1. The van der Waals surface area contributed by atoms with Crippen molar-refractivity contribution in [2.45, 2.75) is 13.8 Å². The zero-order chi connectivity index (χ0) is 10.4. The molecule has 0 unspecified atom stereocenters. The van der Waals surface area contributed by atoms with Gasteiger partial charge in [-0.3, -0.25) is 9.59 Å². The highest BCUT2D eigenvalue weighted by Crippen LogP contribution is 2.01. The third-order valence-corrected chi connectivity index (χ3v) is 1.79. The van der Waals surface area contributed by atoms with E-state index < -0.39 is 5.78 Å². The second kappa shape index (κ2) is 5.30. The van der Waals surface area contributed by atoms with E-state index in [4.69, 9.17) is 0 Å². The zero-order valence-corrected chi connectivity index (χ0v) is 8.17. The Labute approximate surface area is 78.7 Å². The molecule has 0 aliphatic heterocycles. The van der Waals surface area contributed by atoms with E-state index in [1.165, 1.54) is 0 Å². The van der Waals surface area contributed by atoms with Gasteiger partial charge in [0.05, 0.1) is 5.57 Å². The highest BCUT2D eigenvalue weighted by atomic mass is 16.2. The fraction of sp³-hybridized carbons (Fsp3) is 0.400. The highest BCUT2D eigenvalue weighted by molar-refractivity contribution is 6.22. The van der Waals surface area contributed by atoms with Crippen LogP contribution in [-0.2, 0) is 9.59 Å². The second-order valence-electron chi connectivity index (χ2n) is 2.52. The maximum Gasteiger partial charge on any atom is 0.257 e. The molecule has 1 amide bonds. The summed E-state index contributed by atoms with van der Waals surface area (Å²) in [6.07, 6.45) is 1.10. The highest BCUT2D eigenvalue weighted by Gasteiger charge is 2.17. The lowest BCUT2D eigenvalue weighted by Gasteiger charge is -2.18. The molecule has 0 bridgehead atoms. The number of hydrogen-bond acceptors (Lipinski definition) is 2. The Balaban J connectivity index is 4.49. The topological polar surface area (TPSA) is 37.4 Å². The van der Waals surface area contributed by atoms with Crippen molar-refractivity contribution in [2.24, 2.45) is 0 Å². The Kier molecular flexibility index (Phi) is 4.74. The van der Waals surface area contributed by atoms with Gasteiger partial charge in [0, 0.05) is 13.1 Å². The molecule has 3 nitrogen and oxygen atoms in total. The molecule has 0 rings (SSSR count). The van der Waals surface area contributed by atoms with E-state index in [2.05, 4.69) is 13.2 Å². The summed E-state index contributed by atoms with van der Waals surface area (Å²) in [7, 11) is 0. The summed E-state index contributed by atoms with van der Waals surface area (Å²) in [4.78, 5) is 24.0. The molecule has 0 fully saturated rings. The monoisotopic (exact) mass is 181 g/mol. The zero-order valence-electron chi connectivity index (χ0n) is 8.17. The minimum Gasteiger partial charge on any atom is -0.339 e. The third-order valence-electron chi connectivity index (χ3n) is 1.79. The van der Waals surface area contributed by atoms with Crippen molar-refractivity contribution in [1.82, 2.24) is 4.90 Å². The third kappa shape index (κ3) is 2.86. The van der Waals surface area contributed by atoms with Crippen LogP contribution in [-0.4, -0.2) is 29.7 Å². The molecule has 13 heavy (non-hydrogen) atoms. The smallest absolute Gasteiger partial charge is 0.257 e. The average molecular weight is 181 g/mol. The van der Waals surface area contributed by atoms with Crippen LogP contribution >= 0.6 is 0 Å². The number of likely N-dealkylation sites (N-methyl/N-ethyl adjacent to an activating group) is 1. The Morgan fingerprint density at radius 2 is 1.77 bits per heavy atom. The van der Waals surface area contributed by atoms with E-state index >= 15 is 0 Å². The molecular formula is C10H15NO2. The molecule has 0 aromatic heterocycles. The first kappa shape index (κ1) is 11.6. The number of nitrogens with zero attached hydrogens (tertiary/aromatic N) is 1. The molecule has 0 aromatic carbocycles. The van der Waals surface area contributed by atoms with Crippen LogP contribution in [0.4, 0.5) is 0 Å². The molecule has 72 valence electrons. The first-order valence-electron chi connectivity index (χ1n) is 4.23. The quantitative estimate of drug-likeness (QED) is 0.362. The summed E-state index contributed by atoms with van der Waals surface area (Å²) in [6.45, 7) is 11.6. The van der Waals surface area contributed by atoms with Crippen LogP contribution in [0.3, 0.4) is 0 Å². The number of rotatable bonds is 5. The number of ketones is 1. The van der Waals surface area contributed by atoms with Gasteiger partial charge < -0.3 is 4.90 Å². The first-order chi connectivity index (χ1) is 6.08. The number of amides is 1. The van der Waals surface area contributed by atoms with Gasteiger partial charge in [-0.2, -0.15) is 0 Å². The lowest BCUT2D eigenvalue weighted by atomic mass is 10.1. The Morgan fingerprint density at radius 1 is 1.31 bits per heavy atom. The van der Waals surface area contributed by atoms with Gasteiger partial charge in [0.25, 0.3) is 5.91 Å². The van der Waals surface area contributed by atoms with Gasteiger partial charge in [0.1, 0.15) is 0 Å². The molecule has 0 saturated heterocycles. The van der Waals surface area contributed by atoms with E-state index in [0.29, 0.717) is 13.1 Å². The molecule has 0 atom stereocenters. The minimum atomic E-state index is -0.406. The molecule has 0 spiro atoms. The molecule has 3 heteroatoms. The average Bonchev–Trinajstić information content (AvgIpc) is 2.17. The van der Waals surface area contributed by atoms with Crippen LogP contribution < -0.4 is 0 Å². The molecule has 0 aliphatic rings. The van der Waals surface area contributed by atoms with Gasteiger partial charge in [-0.15, -0.1) is 0 Å². The van der Waals surface area contributed by atoms with Crippen LogP contribution in [0.5, 0.6) is 0 Å². The predicted molar refractivity (Wildman–Crippen MR) is 52.3 cm³/mol. The van der Waals surface area contributed by atoms with Crippen LogP contribution in [0.2, 0.25) is 0 Å². The molecule has 0 N–H and O–H groups in total. The Morgan fingerprint density at radius 3 is 2.08 bits per heavy atom. The fourth-order valence-electron chi connectivity index (χ4n) is 0.930. The standard InChI is InChI=1S/C10H15NO2/c1-5-9(12)8(4)10(13)11(6-2)7-3/h5H,1,4,6-7H2,2-3H3. The van der Waals surface area contributed by atoms with E-state index in [9.17, 15) is 9.59 Å². The van der Waals surface area contributed by atoms with Gasteiger partial charge in [-0.05, 0) is 19.9 Å². The maximum absolute atomic E-state index is 11.5. The molecule has 0 aliphatic carbocycles. The summed E-state index contributed by atoms with van der Waals surface area (Å²) in [5.41, 5.74) is -0.0151. The van der Waals surface area contributed by atoms with Crippen molar-refractivity contribution in [3.8, 4) is 0 Å². The predicted octanol–water partition coefficient (Wildman–Crippen LogP) is 1.17. The summed E-state index contributed by atoms with van der Waals surface area (Å²) < 4.78 is 0. The van der Waals surface area contributed by atoms with Crippen LogP contribution in [0, 0.1) is 0 Å². The van der Waals surface area contributed by atoms with E-state index in [0.717, 1.165) is 6.08 Å². The second-order valence-corrected chi connectivity index (χ2v) is 2.52. The lowest BCUT2D eigenvalue weighted by Crippen LogP contribution is -2.33. The summed E-state index contributed by atoms with van der Waals surface area (Å²) in [6, 6.07) is 0. The minimum absolute atomic E-state index is 0.0151. The number of hydrogen-bond donors (Lipinski definition) is 0. The summed E-state index contributed by atoms with van der Waals surface area (Å²) in [5.74, 6) is -0.716. The van der Waals surface area contributed by atoms with Crippen molar-refractivity contribution in [3.05, 3.63) is 24.8 Å². The van der Waals surface area contributed by atoms with Gasteiger partial charge in [-0.25, -0.2) is 0 Å². The van der Waals surface area contributed by atoms with Gasteiger partial charge in [0.2, 0.25) is 0 Å². The van der Waals surface area contributed by atoms with Crippen molar-refractivity contribution >= 4 is 11.7 Å². The molecule has 0 saturated carbocycles. The number of carbonyl (C=O) groups excluding carboxylic acids is 2. The molecule has 0 heterocycles. The Bertz CT molecular complexity index is 239. The maximum atomic E-state index is 11.5. The largest absolute Gasteiger partial charge is 0.339 e. The molecule has 0 radical (unpaired) electrons. The van der Waals surface area contributed by atoms with Crippen molar-refractivity contribution < 1.29 is 9.59 Å². The summed E-state index contributed by atoms with van der Waals surface area (Å²) >= 11 is 0. The SMILES string of the molecule is C=CC(=O)C(=C)C(=O)N(CC)CC. The van der Waals surface area contributed by atoms with Crippen LogP contribution in [0.1, 0.15) is 13.8 Å². The van der Waals surface area contributed by atoms with E-state index in [-0.39, 0.29) is 11.5 Å². The van der Waals surface area contributed by atoms with E-state index in [1.54, 1.807) is 4.90 Å².